The zero-order valence-corrected chi connectivity index (χ0v) is 12.8. The van der Waals surface area contributed by atoms with E-state index >= 15 is 0 Å². The molecule has 1 aromatic carbocycles. The lowest BCUT2D eigenvalue weighted by molar-refractivity contribution is -0.137. The Hall–Kier alpha value is -1.82. The Bertz CT molecular complexity index is 517. The summed E-state index contributed by atoms with van der Waals surface area (Å²) in [5.41, 5.74) is 1.65. The number of nitrogens with one attached hydrogen (secondary N) is 1. The van der Waals surface area contributed by atoms with E-state index in [4.69, 9.17) is 5.11 Å². The maximum atomic E-state index is 12.1. The van der Waals surface area contributed by atoms with Crippen molar-refractivity contribution >= 4 is 33.6 Å². The van der Waals surface area contributed by atoms with Crippen molar-refractivity contribution < 1.29 is 14.7 Å². The number of hydrogen-bond donors (Lipinski definition) is 2. The number of carboxylic acids is 1. The molecule has 0 saturated carbocycles. The zero-order valence-electron chi connectivity index (χ0n) is 11.2. The zero-order chi connectivity index (χ0) is 15.1. The van der Waals surface area contributed by atoms with Crippen LogP contribution in [0.4, 0.5) is 10.5 Å². The second kappa shape index (κ2) is 7.69. The number of carboxylic acid groups (broad SMARTS) is 1. The fraction of sp³-hybridized carbons (Fsp3) is 0.286. The maximum absolute atomic E-state index is 12.1. The Kier molecular flexibility index (Phi) is 6.24. The monoisotopic (exact) mass is 340 g/mol. The van der Waals surface area contributed by atoms with Crippen molar-refractivity contribution in [3.8, 4) is 0 Å². The average Bonchev–Trinajstić information content (AvgIpc) is 2.39. The van der Waals surface area contributed by atoms with E-state index in [0.29, 0.717) is 5.69 Å². The minimum Gasteiger partial charge on any atom is -0.480 e. The van der Waals surface area contributed by atoms with Crippen molar-refractivity contribution in [2.45, 2.75) is 13.3 Å². The molecule has 20 heavy (non-hydrogen) atoms. The number of hydrogen-bond acceptors (Lipinski definition) is 2. The number of urea groups is 1. The molecule has 0 aliphatic heterocycles. The molecular formula is C14H17BrN2O3. The van der Waals surface area contributed by atoms with Crippen LogP contribution in [0.15, 0.2) is 35.3 Å². The first-order valence-corrected chi connectivity index (χ1v) is 6.94. The summed E-state index contributed by atoms with van der Waals surface area (Å²) in [7, 11) is 0. The summed E-state index contributed by atoms with van der Waals surface area (Å²) in [6, 6.07) is 5.08. The van der Waals surface area contributed by atoms with Crippen LogP contribution in [0, 0.1) is 0 Å². The molecule has 1 aromatic rings. The molecule has 0 fully saturated rings. The van der Waals surface area contributed by atoms with Crippen molar-refractivity contribution in [3.63, 3.8) is 0 Å². The van der Waals surface area contributed by atoms with E-state index in [0.717, 1.165) is 16.5 Å². The number of aliphatic carboxylic acids is 1. The molecular weight excluding hydrogens is 324 g/mol. The van der Waals surface area contributed by atoms with Gasteiger partial charge in [0.2, 0.25) is 0 Å². The fourth-order valence-corrected chi connectivity index (χ4v) is 2.12. The molecule has 0 heterocycles. The molecule has 0 aliphatic carbocycles. The molecule has 0 bridgehead atoms. The van der Waals surface area contributed by atoms with Crippen LogP contribution in [-0.2, 0) is 11.2 Å². The van der Waals surface area contributed by atoms with Gasteiger partial charge in [0, 0.05) is 16.7 Å². The van der Waals surface area contributed by atoms with Crippen molar-refractivity contribution in [1.82, 2.24) is 4.90 Å². The molecule has 108 valence electrons. The van der Waals surface area contributed by atoms with E-state index in [9.17, 15) is 9.59 Å². The van der Waals surface area contributed by atoms with Gasteiger partial charge in [0.15, 0.2) is 0 Å². The van der Waals surface area contributed by atoms with Crippen molar-refractivity contribution in [2.75, 3.05) is 18.4 Å². The van der Waals surface area contributed by atoms with Crippen LogP contribution in [0.3, 0.4) is 0 Å². The first-order chi connectivity index (χ1) is 9.47. The average molecular weight is 341 g/mol. The third-order valence-corrected chi connectivity index (χ3v) is 3.15. The smallest absolute Gasteiger partial charge is 0.323 e. The number of aryl methyl sites for hydroxylation is 1. The van der Waals surface area contributed by atoms with Gasteiger partial charge in [0.05, 0.1) is 0 Å². The van der Waals surface area contributed by atoms with Crippen LogP contribution in [0.1, 0.15) is 12.5 Å². The number of amides is 2. The number of benzene rings is 1. The van der Waals surface area contributed by atoms with E-state index in [1.165, 1.54) is 11.0 Å². The molecule has 6 heteroatoms. The van der Waals surface area contributed by atoms with Crippen LogP contribution in [0.5, 0.6) is 0 Å². The van der Waals surface area contributed by atoms with Gasteiger partial charge in [-0.1, -0.05) is 28.9 Å². The van der Waals surface area contributed by atoms with Gasteiger partial charge in [0.25, 0.3) is 0 Å². The van der Waals surface area contributed by atoms with Gasteiger partial charge in [-0.3, -0.25) is 4.79 Å². The number of anilines is 1. The minimum atomic E-state index is -1.06. The van der Waals surface area contributed by atoms with Gasteiger partial charge in [-0.2, -0.15) is 0 Å². The Labute approximate surface area is 126 Å². The Balaban J connectivity index is 2.87. The van der Waals surface area contributed by atoms with E-state index in [2.05, 4.69) is 27.8 Å². The highest BCUT2D eigenvalue weighted by molar-refractivity contribution is 9.10. The number of carbonyl (C=O) groups excluding carboxylic acids is 1. The summed E-state index contributed by atoms with van der Waals surface area (Å²) in [6.45, 7) is 5.32. The van der Waals surface area contributed by atoms with E-state index in [1.54, 1.807) is 6.07 Å². The van der Waals surface area contributed by atoms with Gasteiger partial charge in [-0.15, -0.1) is 6.58 Å². The summed E-state index contributed by atoms with van der Waals surface area (Å²) in [6.07, 6.45) is 2.25. The molecule has 0 spiro atoms. The molecule has 2 N–H and O–H groups in total. The highest BCUT2D eigenvalue weighted by atomic mass is 79.9. The Morgan fingerprint density at radius 1 is 1.50 bits per heavy atom. The SMILES string of the molecule is C=CCN(CC(=O)O)C(=O)Nc1ccc(Br)cc1CC. The second-order valence-corrected chi connectivity index (χ2v) is 5.06. The first-order valence-electron chi connectivity index (χ1n) is 6.15. The molecule has 0 aliphatic rings. The third kappa shape index (κ3) is 4.70. The molecule has 0 saturated heterocycles. The molecule has 1 rings (SSSR count). The van der Waals surface area contributed by atoms with E-state index < -0.39 is 12.0 Å². The number of carbonyl (C=O) groups is 2. The summed E-state index contributed by atoms with van der Waals surface area (Å²) in [5.74, 6) is -1.06. The lowest BCUT2D eigenvalue weighted by Gasteiger charge is -2.20. The van der Waals surface area contributed by atoms with Gasteiger partial charge >= 0.3 is 12.0 Å². The lowest BCUT2D eigenvalue weighted by atomic mass is 10.1. The maximum Gasteiger partial charge on any atom is 0.323 e. The lowest BCUT2D eigenvalue weighted by Crippen LogP contribution is -2.39. The molecule has 0 atom stereocenters. The second-order valence-electron chi connectivity index (χ2n) is 4.15. The highest BCUT2D eigenvalue weighted by Gasteiger charge is 2.16. The molecule has 0 unspecified atom stereocenters. The third-order valence-electron chi connectivity index (χ3n) is 2.65. The van der Waals surface area contributed by atoms with Gasteiger partial charge in [0.1, 0.15) is 6.54 Å². The molecule has 0 aromatic heterocycles. The number of nitrogens with zero attached hydrogens (tertiary/aromatic N) is 1. The van der Waals surface area contributed by atoms with Crippen molar-refractivity contribution in [1.29, 1.82) is 0 Å². The number of rotatable bonds is 6. The first kappa shape index (κ1) is 16.2. The fourth-order valence-electron chi connectivity index (χ4n) is 1.71. The van der Waals surface area contributed by atoms with Crippen LogP contribution in [-0.4, -0.2) is 35.1 Å². The largest absolute Gasteiger partial charge is 0.480 e. The minimum absolute atomic E-state index is 0.177. The van der Waals surface area contributed by atoms with Gasteiger partial charge < -0.3 is 15.3 Å². The predicted molar refractivity (Wildman–Crippen MR) is 81.9 cm³/mol. The predicted octanol–water partition coefficient (Wildman–Crippen LogP) is 3.12. The van der Waals surface area contributed by atoms with E-state index in [-0.39, 0.29) is 13.1 Å². The topological polar surface area (TPSA) is 69.6 Å². The van der Waals surface area contributed by atoms with Gasteiger partial charge in [-0.05, 0) is 30.2 Å². The summed E-state index contributed by atoms with van der Waals surface area (Å²) >= 11 is 3.38. The van der Waals surface area contributed by atoms with Crippen molar-refractivity contribution in [2.24, 2.45) is 0 Å². The van der Waals surface area contributed by atoms with E-state index in [1.807, 2.05) is 19.1 Å². The van der Waals surface area contributed by atoms with Crippen LogP contribution < -0.4 is 5.32 Å². The molecule has 0 radical (unpaired) electrons. The van der Waals surface area contributed by atoms with Crippen LogP contribution in [0.2, 0.25) is 0 Å². The molecule has 2 amide bonds. The van der Waals surface area contributed by atoms with Crippen LogP contribution in [0.25, 0.3) is 0 Å². The van der Waals surface area contributed by atoms with Crippen molar-refractivity contribution in [3.05, 3.63) is 40.9 Å². The van der Waals surface area contributed by atoms with Crippen LogP contribution >= 0.6 is 15.9 Å². The normalized spacial score (nSPS) is 9.90. The Morgan fingerprint density at radius 3 is 2.75 bits per heavy atom. The molecule has 5 nitrogen and oxygen atoms in total. The van der Waals surface area contributed by atoms with Gasteiger partial charge in [-0.25, -0.2) is 4.79 Å². The standard InChI is InChI=1S/C14H17BrN2O3/c1-3-7-17(9-13(18)19)14(20)16-12-6-5-11(15)8-10(12)4-2/h3,5-6,8H,1,4,7,9H2,2H3,(H,16,20)(H,18,19). The number of halogens is 1. The Morgan fingerprint density at radius 2 is 2.20 bits per heavy atom. The summed E-state index contributed by atoms with van der Waals surface area (Å²) in [5, 5.41) is 11.5. The highest BCUT2D eigenvalue weighted by Crippen LogP contribution is 2.21. The summed E-state index contributed by atoms with van der Waals surface area (Å²) < 4.78 is 0.931. The quantitative estimate of drug-likeness (QED) is 0.781. The summed E-state index contributed by atoms with van der Waals surface area (Å²) in [4.78, 5) is 24.0.